The number of ketones is 1. The van der Waals surface area contributed by atoms with E-state index in [0.29, 0.717) is 35.6 Å². The van der Waals surface area contributed by atoms with Gasteiger partial charge in [-0.25, -0.2) is 4.39 Å². The summed E-state index contributed by atoms with van der Waals surface area (Å²) in [5, 5.41) is 10.5. The molecule has 5 rings (SSSR count). The normalized spacial score (nSPS) is 18.6. The van der Waals surface area contributed by atoms with Crippen LogP contribution >= 0.6 is 11.8 Å². The number of benzene rings is 3. The lowest BCUT2D eigenvalue weighted by molar-refractivity contribution is -0.118. The van der Waals surface area contributed by atoms with Gasteiger partial charge in [-0.15, -0.1) is 11.8 Å². The molecule has 1 unspecified atom stereocenters. The third kappa shape index (κ3) is 5.19. The minimum Gasteiger partial charge on any atom is -0.384 e. The van der Waals surface area contributed by atoms with Crippen molar-refractivity contribution >= 4 is 23.2 Å². The van der Waals surface area contributed by atoms with Crippen LogP contribution in [0.5, 0.6) is 0 Å². The Balaban J connectivity index is 1.67. The Morgan fingerprint density at radius 2 is 1.77 bits per heavy atom. The number of aryl methyl sites for hydroxylation is 2. The first-order valence-electron chi connectivity index (χ1n) is 13.5. The summed E-state index contributed by atoms with van der Waals surface area (Å²) < 4.78 is 13.4. The van der Waals surface area contributed by atoms with E-state index in [1.54, 1.807) is 23.9 Å². The lowest BCUT2D eigenvalue weighted by atomic mass is 9.68. The molecule has 1 heterocycles. The second-order valence-electron chi connectivity index (χ2n) is 11.7. The van der Waals surface area contributed by atoms with E-state index in [0.717, 1.165) is 44.1 Å². The van der Waals surface area contributed by atoms with E-state index in [2.05, 4.69) is 39.0 Å². The molecule has 6 heteroatoms. The highest BCUT2D eigenvalue weighted by Crippen LogP contribution is 2.51. The van der Waals surface area contributed by atoms with E-state index in [-0.39, 0.29) is 17.0 Å². The van der Waals surface area contributed by atoms with E-state index in [1.165, 1.54) is 12.1 Å². The molecule has 1 aliphatic heterocycles. The van der Waals surface area contributed by atoms with Gasteiger partial charge in [0, 0.05) is 34.0 Å². The Morgan fingerprint density at radius 1 is 1.05 bits per heavy atom. The molecule has 1 atom stereocenters. The number of nitrogens with zero attached hydrogens (tertiary/aromatic N) is 2. The zero-order valence-corrected chi connectivity index (χ0v) is 24.5. The van der Waals surface area contributed by atoms with Crippen molar-refractivity contribution in [3.8, 4) is 6.07 Å². The Hall–Kier alpha value is -3.82. The Morgan fingerprint density at radius 3 is 2.45 bits per heavy atom. The molecule has 0 spiro atoms. The molecule has 2 N–H and O–H groups in total. The molecule has 0 aromatic heterocycles. The summed E-state index contributed by atoms with van der Waals surface area (Å²) in [6, 6.07) is 21.2. The van der Waals surface area contributed by atoms with Crippen molar-refractivity contribution in [1.29, 1.82) is 5.26 Å². The van der Waals surface area contributed by atoms with Gasteiger partial charge in [-0.05, 0) is 91.3 Å². The van der Waals surface area contributed by atoms with Crippen molar-refractivity contribution in [2.75, 3.05) is 4.90 Å². The number of Topliss-reactive ketones (excluding diaryl/α,β-unsaturated/α-hetero) is 1. The van der Waals surface area contributed by atoms with Gasteiger partial charge in [0.2, 0.25) is 0 Å². The molecule has 4 nitrogen and oxygen atoms in total. The number of hydrogen-bond donors (Lipinski definition) is 1. The SMILES string of the molecule is Cc1cccc(N2C(N)=C(C#N)C(c3cc(C)cc(CSc4ccc(F)cc4)c3C)C3=C2CC(C)(C)CC3=O)c1. The Labute approximate surface area is 240 Å². The number of anilines is 1. The maximum Gasteiger partial charge on any atom is 0.162 e. The number of nitriles is 1. The maximum absolute atomic E-state index is 14.0. The fraction of sp³-hybridized carbons (Fsp3) is 0.294. The third-order valence-corrected chi connectivity index (χ3v) is 8.92. The average molecular weight is 552 g/mol. The molecule has 3 aromatic carbocycles. The summed E-state index contributed by atoms with van der Waals surface area (Å²) >= 11 is 1.63. The number of rotatable bonds is 5. The first-order chi connectivity index (χ1) is 19.0. The van der Waals surface area contributed by atoms with E-state index in [9.17, 15) is 14.4 Å². The molecule has 0 bridgehead atoms. The molecule has 0 saturated heterocycles. The molecule has 2 aliphatic rings. The molecule has 0 fully saturated rings. The van der Waals surface area contributed by atoms with Crippen LogP contribution in [0.4, 0.5) is 10.1 Å². The van der Waals surface area contributed by atoms with Gasteiger partial charge in [0.05, 0.1) is 17.6 Å². The maximum atomic E-state index is 14.0. The van der Waals surface area contributed by atoms with Crippen molar-refractivity contribution in [3.63, 3.8) is 0 Å². The number of carbonyl (C=O) groups is 1. The number of carbonyl (C=O) groups excluding carboxylic acids is 1. The zero-order valence-electron chi connectivity index (χ0n) is 23.6. The van der Waals surface area contributed by atoms with Crippen molar-refractivity contribution in [2.24, 2.45) is 11.1 Å². The van der Waals surface area contributed by atoms with E-state index in [4.69, 9.17) is 5.73 Å². The number of nitrogens with two attached hydrogens (primary N) is 1. The van der Waals surface area contributed by atoms with Crippen molar-refractivity contribution in [3.05, 3.63) is 117 Å². The monoisotopic (exact) mass is 551 g/mol. The van der Waals surface area contributed by atoms with E-state index < -0.39 is 5.92 Å². The first-order valence-corrected chi connectivity index (χ1v) is 14.5. The summed E-state index contributed by atoms with van der Waals surface area (Å²) in [5.41, 5.74) is 14.7. The molecule has 3 aromatic rings. The van der Waals surface area contributed by atoms with Gasteiger partial charge in [-0.3, -0.25) is 9.69 Å². The standard InChI is InChI=1S/C34H34FN3OS/c1-20-7-6-8-25(14-20)38-29-16-34(4,5)17-30(39)32(29)31(28(18-36)33(38)37)27-15-21(2)13-23(22(27)3)19-40-26-11-9-24(35)10-12-26/h6-15,31H,16-17,19,37H2,1-5H3. The minimum absolute atomic E-state index is 0.0669. The summed E-state index contributed by atoms with van der Waals surface area (Å²) in [6.07, 6.45) is 1.09. The summed E-state index contributed by atoms with van der Waals surface area (Å²) in [4.78, 5) is 16.9. The smallest absolute Gasteiger partial charge is 0.162 e. The summed E-state index contributed by atoms with van der Waals surface area (Å²) in [5.74, 6) is 0.345. The van der Waals surface area contributed by atoms with Crippen LogP contribution in [0.2, 0.25) is 0 Å². The first kappa shape index (κ1) is 27.7. The molecule has 0 saturated carbocycles. The minimum atomic E-state index is -0.529. The second kappa shape index (κ2) is 10.6. The molecule has 0 radical (unpaired) electrons. The van der Waals surface area contributed by atoms with Crippen molar-refractivity contribution < 1.29 is 9.18 Å². The largest absolute Gasteiger partial charge is 0.384 e. The fourth-order valence-corrected chi connectivity index (χ4v) is 6.94. The Bertz CT molecular complexity index is 1610. The summed E-state index contributed by atoms with van der Waals surface area (Å²) in [6.45, 7) is 10.3. The number of halogens is 1. The number of hydrogen-bond acceptors (Lipinski definition) is 5. The molecular weight excluding hydrogens is 517 g/mol. The molecule has 0 amide bonds. The van der Waals surface area contributed by atoms with Crippen LogP contribution in [0.15, 0.2) is 88.2 Å². The van der Waals surface area contributed by atoms with Crippen molar-refractivity contribution in [1.82, 2.24) is 0 Å². The lowest BCUT2D eigenvalue weighted by Crippen LogP contribution is -2.42. The number of allylic oxidation sites excluding steroid dienone is 3. The van der Waals surface area contributed by atoms with Crippen LogP contribution in [0, 0.1) is 43.3 Å². The molecular formula is C34H34FN3OS. The highest BCUT2D eigenvalue weighted by molar-refractivity contribution is 7.98. The summed E-state index contributed by atoms with van der Waals surface area (Å²) in [7, 11) is 0. The van der Waals surface area contributed by atoms with Crippen LogP contribution in [0.3, 0.4) is 0 Å². The third-order valence-electron chi connectivity index (χ3n) is 7.86. The zero-order chi connectivity index (χ0) is 28.8. The van der Waals surface area contributed by atoms with Crippen LogP contribution in [0.25, 0.3) is 0 Å². The van der Waals surface area contributed by atoms with Gasteiger partial charge in [-0.1, -0.05) is 43.7 Å². The highest BCUT2D eigenvalue weighted by Gasteiger charge is 2.45. The molecule has 1 aliphatic carbocycles. The quantitative estimate of drug-likeness (QED) is 0.326. The van der Waals surface area contributed by atoms with Gasteiger partial charge in [0.15, 0.2) is 5.78 Å². The average Bonchev–Trinajstić information content (AvgIpc) is 2.88. The van der Waals surface area contributed by atoms with Gasteiger partial charge in [-0.2, -0.15) is 5.26 Å². The highest BCUT2D eigenvalue weighted by atomic mass is 32.2. The second-order valence-corrected chi connectivity index (χ2v) is 12.7. The number of thioether (sulfide) groups is 1. The van der Waals surface area contributed by atoms with Gasteiger partial charge >= 0.3 is 0 Å². The Kier molecular flexibility index (Phi) is 7.37. The van der Waals surface area contributed by atoms with E-state index >= 15 is 0 Å². The van der Waals surface area contributed by atoms with Crippen molar-refractivity contribution in [2.45, 2.75) is 64.0 Å². The van der Waals surface area contributed by atoms with Crippen LogP contribution in [-0.2, 0) is 10.5 Å². The van der Waals surface area contributed by atoms with Crippen LogP contribution < -0.4 is 10.6 Å². The molecule has 204 valence electrons. The predicted molar refractivity (Wildman–Crippen MR) is 160 cm³/mol. The van der Waals surface area contributed by atoms with Gasteiger partial charge in [0.25, 0.3) is 0 Å². The lowest BCUT2D eigenvalue weighted by Gasteiger charge is -2.44. The topological polar surface area (TPSA) is 70.1 Å². The predicted octanol–water partition coefficient (Wildman–Crippen LogP) is 7.98. The van der Waals surface area contributed by atoms with Crippen LogP contribution in [0.1, 0.15) is 60.4 Å². The fourth-order valence-electron chi connectivity index (χ4n) is 5.99. The molecule has 40 heavy (non-hydrogen) atoms. The van der Waals surface area contributed by atoms with Gasteiger partial charge < -0.3 is 5.73 Å². The van der Waals surface area contributed by atoms with Crippen LogP contribution in [-0.4, -0.2) is 5.78 Å². The van der Waals surface area contributed by atoms with Gasteiger partial charge in [0.1, 0.15) is 11.6 Å². The van der Waals surface area contributed by atoms with E-state index in [1.807, 2.05) is 43.0 Å².